The molecule has 0 spiro atoms. The molecule has 0 saturated carbocycles. The number of halogens is 1. The van der Waals surface area contributed by atoms with Gasteiger partial charge >= 0.3 is 5.97 Å². The van der Waals surface area contributed by atoms with Crippen LogP contribution in [0.4, 0.5) is 4.39 Å². The summed E-state index contributed by atoms with van der Waals surface area (Å²) in [5, 5.41) is 12.7. The number of carboxylic acid groups (broad SMARTS) is 1. The van der Waals surface area contributed by atoms with Gasteiger partial charge in [-0.15, -0.1) is 0 Å². The van der Waals surface area contributed by atoms with Crippen LogP contribution >= 0.6 is 11.8 Å². The van der Waals surface area contributed by atoms with Gasteiger partial charge in [-0.05, 0) is 37.3 Å². The second-order valence-corrected chi connectivity index (χ2v) is 6.71. The number of aryl methyl sites for hydroxylation is 1. The highest BCUT2D eigenvalue weighted by Gasteiger charge is 2.43. The number of amides is 1. The molecule has 1 saturated heterocycles. The SMILES string of the molecule is Cc1nc2cc(F)ccc2cc1C(=O)NC1(C(=O)O)CCSC1. The van der Waals surface area contributed by atoms with Gasteiger partial charge in [0.15, 0.2) is 0 Å². The van der Waals surface area contributed by atoms with Gasteiger partial charge in [0.05, 0.1) is 16.8 Å². The zero-order chi connectivity index (χ0) is 16.6. The molecular weight excluding hydrogens is 319 g/mol. The van der Waals surface area contributed by atoms with Crippen molar-refractivity contribution in [3.05, 3.63) is 41.3 Å². The van der Waals surface area contributed by atoms with Crippen molar-refractivity contribution < 1.29 is 19.1 Å². The van der Waals surface area contributed by atoms with Crippen molar-refractivity contribution in [2.75, 3.05) is 11.5 Å². The first-order valence-corrected chi connectivity index (χ1v) is 8.27. The van der Waals surface area contributed by atoms with Crippen LogP contribution in [0.2, 0.25) is 0 Å². The van der Waals surface area contributed by atoms with E-state index in [1.807, 2.05) is 0 Å². The minimum Gasteiger partial charge on any atom is -0.479 e. The molecule has 23 heavy (non-hydrogen) atoms. The number of hydrogen-bond acceptors (Lipinski definition) is 4. The molecular formula is C16H15FN2O3S. The maximum Gasteiger partial charge on any atom is 0.330 e. The number of benzene rings is 1. The first-order chi connectivity index (χ1) is 10.9. The molecule has 5 nitrogen and oxygen atoms in total. The van der Waals surface area contributed by atoms with Gasteiger partial charge < -0.3 is 10.4 Å². The highest BCUT2D eigenvalue weighted by molar-refractivity contribution is 7.99. The molecule has 1 aromatic carbocycles. The number of aromatic nitrogens is 1. The van der Waals surface area contributed by atoms with Crippen molar-refractivity contribution in [1.29, 1.82) is 0 Å². The van der Waals surface area contributed by atoms with E-state index in [-0.39, 0.29) is 0 Å². The van der Waals surface area contributed by atoms with E-state index >= 15 is 0 Å². The van der Waals surface area contributed by atoms with E-state index < -0.39 is 23.2 Å². The summed E-state index contributed by atoms with van der Waals surface area (Å²) in [6, 6.07) is 5.76. The lowest BCUT2D eigenvalue weighted by atomic mass is 9.98. The summed E-state index contributed by atoms with van der Waals surface area (Å²) in [4.78, 5) is 28.3. The summed E-state index contributed by atoms with van der Waals surface area (Å²) < 4.78 is 13.3. The number of thioether (sulfide) groups is 1. The lowest BCUT2D eigenvalue weighted by Gasteiger charge is -2.25. The van der Waals surface area contributed by atoms with Crippen molar-refractivity contribution in [2.24, 2.45) is 0 Å². The number of nitrogens with zero attached hydrogens (tertiary/aromatic N) is 1. The number of nitrogens with one attached hydrogen (secondary N) is 1. The smallest absolute Gasteiger partial charge is 0.330 e. The maximum atomic E-state index is 13.3. The van der Waals surface area contributed by atoms with Crippen LogP contribution in [-0.4, -0.2) is 39.0 Å². The van der Waals surface area contributed by atoms with Gasteiger partial charge in [0.25, 0.3) is 5.91 Å². The Morgan fingerprint density at radius 2 is 2.17 bits per heavy atom. The van der Waals surface area contributed by atoms with Gasteiger partial charge in [0.1, 0.15) is 11.4 Å². The second-order valence-electron chi connectivity index (χ2n) is 5.60. The highest BCUT2D eigenvalue weighted by atomic mass is 32.2. The average Bonchev–Trinajstić information content (AvgIpc) is 2.96. The summed E-state index contributed by atoms with van der Waals surface area (Å²) in [6.07, 6.45) is 0.393. The fourth-order valence-electron chi connectivity index (χ4n) is 2.64. The number of hydrogen-bond donors (Lipinski definition) is 2. The lowest BCUT2D eigenvalue weighted by Crippen LogP contribution is -2.54. The molecule has 1 unspecified atom stereocenters. The molecule has 1 aliphatic heterocycles. The van der Waals surface area contributed by atoms with Crippen LogP contribution in [0.1, 0.15) is 22.5 Å². The highest BCUT2D eigenvalue weighted by Crippen LogP contribution is 2.29. The van der Waals surface area contributed by atoms with Crippen LogP contribution in [0, 0.1) is 12.7 Å². The Labute approximate surface area is 136 Å². The zero-order valence-corrected chi connectivity index (χ0v) is 13.2. The summed E-state index contributed by atoms with van der Waals surface area (Å²) in [5.74, 6) is -0.843. The van der Waals surface area contributed by atoms with Gasteiger partial charge in [-0.2, -0.15) is 11.8 Å². The fraction of sp³-hybridized carbons (Fsp3) is 0.312. The zero-order valence-electron chi connectivity index (χ0n) is 12.4. The lowest BCUT2D eigenvalue weighted by molar-refractivity contribution is -0.143. The van der Waals surface area contributed by atoms with Crippen molar-refractivity contribution in [2.45, 2.75) is 18.9 Å². The molecule has 120 valence electrons. The number of carboxylic acids is 1. The Balaban J connectivity index is 1.96. The molecule has 0 bridgehead atoms. The number of rotatable bonds is 3. The third kappa shape index (κ3) is 2.88. The van der Waals surface area contributed by atoms with Crippen LogP contribution in [0.3, 0.4) is 0 Å². The molecule has 1 fully saturated rings. The van der Waals surface area contributed by atoms with Gasteiger partial charge in [0, 0.05) is 17.2 Å². The molecule has 0 aliphatic carbocycles. The van der Waals surface area contributed by atoms with Crippen LogP contribution in [0.15, 0.2) is 24.3 Å². The van der Waals surface area contributed by atoms with E-state index in [1.165, 1.54) is 23.9 Å². The topological polar surface area (TPSA) is 79.3 Å². The molecule has 2 N–H and O–H groups in total. The Morgan fingerprint density at radius 3 is 2.83 bits per heavy atom. The van der Waals surface area contributed by atoms with Gasteiger partial charge in [-0.25, -0.2) is 9.18 Å². The Kier molecular flexibility index (Phi) is 3.97. The largest absolute Gasteiger partial charge is 0.479 e. The first-order valence-electron chi connectivity index (χ1n) is 7.12. The number of pyridine rings is 1. The molecule has 0 radical (unpaired) electrons. The van der Waals surface area contributed by atoms with Gasteiger partial charge in [-0.3, -0.25) is 9.78 Å². The van der Waals surface area contributed by atoms with E-state index in [0.717, 1.165) is 0 Å². The normalized spacial score (nSPS) is 20.6. The van der Waals surface area contributed by atoms with Gasteiger partial charge in [-0.1, -0.05) is 0 Å². The first kappa shape index (κ1) is 15.7. The minimum atomic E-state index is -1.23. The third-order valence-corrected chi connectivity index (χ3v) is 5.19. The predicted octanol–water partition coefficient (Wildman–Crippen LogP) is 2.37. The molecule has 1 atom stereocenters. The molecule has 7 heteroatoms. The summed E-state index contributed by atoms with van der Waals surface area (Å²) in [6.45, 7) is 1.65. The van der Waals surface area contributed by atoms with Crippen LogP contribution in [0.5, 0.6) is 0 Å². The molecule has 1 aromatic heterocycles. The predicted molar refractivity (Wildman–Crippen MR) is 86.2 cm³/mol. The second kappa shape index (κ2) is 5.81. The molecule has 2 heterocycles. The maximum absolute atomic E-state index is 13.3. The van der Waals surface area contributed by atoms with E-state index in [0.29, 0.717) is 40.1 Å². The van der Waals surface area contributed by atoms with Crippen molar-refractivity contribution >= 4 is 34.5 Å². The Bertz CT molecular complexity index is 803. The molecule has 1 aliphatic rings. The van der Waals surface area contributed by atoms with Crippen molar-refractivity contribution in [3.8, 4) is 0 Å². The van der Waals surface area contributed by atoms with Crippen molar-refractivity contribution in [1.82, 2.24) is 10.3 Å². The van der Waals surface area contributed by atoms with E-state index in [9.17, 15) is 19.1 Å². The molecule has 1 amide bonds. The van der Waals surface area contributed by atoms with Crippen molar-refractivity contribution in [3.63, 3.8) is 0 Å². The summed E-state index contributed by atoms with van der Waals surface area (Å²) in [7, 11) is 0. The van der Waals surface area contributed by atoms with Crippen LogP contribution in [0.25, 0.3) is 10.9 Å². The number of fused-ring (bicyclic) bond motifs is 1. The van der Waals surface area contributed by atoms with Crippen LogP contribution in [-0.2, 0) is 4.79 Å². The molecule has 2 aromatic rings. The van der Waals surface area contributed by atoms with E-state index in [4.69, 9.17) is 0 Å². The minimum absolute atomic E-state index is 0.307. The average molecular weight is 334 g/mol. The Morgan fingerprint density at radius 1 is 1.39 bits per heavy atom. The molecule has 3 rings (SSSR count). The fourth-order valence-corrected chi connectivity index (χ4v) is 3.96. The third-order valence-electron chi connectivity index (χ3n) is 4.00. The van der Waals surface area contributed by atoms with E-state index in [2.05, 4.69) is 10.3 Å². The number of aliphatic carboxylic acids is 1. The standard InChI is InChI=1S/C16H15FN2O3S/c1-9-12(6-10-2-3-11(17)7-13(10)18-9)14(20)19-16(15(21)22)4-5-23-8-16/h2-3,6-7H,4-5,8H2,1H3,(H,19,20)(H,21,22). The number of carbonyl (C=O) groups is 2. The number of carbonyl (C=O) groups excluding carboxylic acids is 1. The Hall–Kier alpha value is -2.15. The van der Waals surface area contributed by atoms with E-state index in [1.54, 1.807) is 19.1 Å². The van der Waals surface area contributed by atoms with Gasteiger partial charge in [0.2, 0.25) is 0 Å². The quantitative estimate of drug-likeness (QED) is 0.901. The summed E-state index contributed by atoms with van der Waals surface area (Å²) in [5.41, 5.74) is -0.0248. The van der Waals surface area contributed by atoms with Crippen LogP contribution < -0.4 is 5.32 Å². The monoisotopic (exact) mass is 334 g/mol. The summed E-state index contributed by atoms with van der Waals surface area (Å²) >= 11 is 1.50.